The third kappa shape index (κ3) is 5.47. The average Bonchev–Trinajstić information content (AvgIpc) is 3.07. The largest absolute Gasteiger partial charge is 0.461 e. The van der Waals surface area contributed by atoms with Crippen LogP contribution in [-0.4, -0.2) is 23.3 Å². The fourth-order valence-corrected chi connectivity index (χ4v) is 4.47. The maximum Gasteiger partial charge on any atom is 0.355 e. The van der Waals surface area contributed by atoms with Crippen LogP contribution in [0.5, 0.6) is 0 Å². The predicted octanol–water partition coefficient (Wildman–Crippen LogP) is 6.66. The van der Waals surface area contributed by atoms with Crippen molar-refractivity contribution in [1.29, 1.82) is 0 Å². The highest BCUT2D eigenvalue weighted by molar-refractivity contribution is 6.03. The summed E-state index contributed by atoms with van der Waals surface area (Å²) in [6, 6.07) is 8.62. The van der Waals surface area contributed by atoms with Crippen LogP contribution in [0.1, 0.15) is 115 Å². The molecular weight excluding hydrogens is 386 g/mol. The van der Waals surface area contributed by atoms with Crippen molar-refractivity contribution in [3.05, 3.63) is 57.9 Å². The number of benzene rings is 1. The molecule has 1 atom stereocenters. The predicted molar refractivity (Wildman–Crippen MR) is 125 cm³/mol. The first-order valence-corrected chi connectivity index (χ1v) is 11.7. The van der Waals surface area contributed by atoms with Crippen LogP contribution in [-0.2, 0) is 16.6 Å². The van der Waals surface area contributed by atoms with E-state index in [4.69, 9.17) is 4.74 Å². The van der Waals surface area contributed by atoms with Gasteiger partial charge in [-0.1, -0.05) is 77.6 Å². The van der Waals surface area contributed by atoms with E-state index < -0.39 is 0 Å². The van der Waals surface area contributed by atoms with E-state index in [1.807, 2.05) is 6.92 Å². The van der Waals surface area contributed by atoms with E-state index in [1.54, 1.807) is 0 Å². The van der Waals surface area contributed by atoms with E-state index in [0.29, 0.717) is 24.3 Å². The van der Waals surface area contributed by atoms with Crippen LogP contribution < -0.4 is 0 Å². The standard InChI is InChI=1S/C27H37NO3/c1-6-7-8-9-10-15-31-26(30)25-18(2)24-22(28-25)16-20(17-23(24)29)19-11-13-21(14-12-19)27(3,4)5/h11-14,20,28H,6-10,15-17H2,1-5H3. The summed E-state index contributed by atoms with van der Waals surface area (Å²) in [5.41, 5.74) is 5.31. The van der Waals surface area contributed by atoms with Crippen LogP contribution in [0.2, 0.25) is 0 Å². The van der Waals surface area contributed by atoms with Crippen molar-refractivity contribution in [2.45, 2.75) is 90.9 Å². The number of aromatic nitrogens is 1. The molecule has 0 spiro atoms. The molecule has 0 aliphatic heterocycles. The van der Waals surface area contributed by atoms with Crippen LogP contribution in [0, 0.1) is 6.92 Å². The number of esters is 1. The summed E-state index contributed by atoms with van der Waals surface area (Å²) in [5, 5.41) is 0. The molecule has 1 aromatic carbocycles. The number of ether oxygens (including phenoxy) is 1. The first-order valence-electron chi connectivity index (χ1n) is 11.7. The van der Waals surface area contributed by atoms with Gasteiger partial charge in [0.05, 0.1) is 6.61 Å². The van der Waals surface area contributed by atoms with Gasteiger partial charge < -0.3 is 9.72 Å². The van der Waals surface area contributed by atoms with E-state index in [0.717, 1.165) is 30.5 Å². The zero-order valence-electron chi connectivity index (χ0n) is 19.8. The summed E-state index contributed by atoms with van der Waals surface area (Å²) in [4.78, 5) is 28.8. The number of ketones is 1. The smallest absolute Gasteiger partial charge is 0.355 e. The molecule has 4 nitrogen and oxygen atoms in total. The number of nitrogens with one attached hydrogen (secondary N) is 1. The zero-order valence-corrected chi connectivity index (χ0v) is 19.8. The van der Waals surface area contributed by atoms with Gasteiger partial charge in [0.2, 0.25) is 0 Å². The van der Waals surface area contributed by atoms with Crippen molar-refractivity contribution >= 4 is 11.8 Å². The summed E-state index contributed by atoms with van der Waals surface area (Å²) in [6.45, 7) is 11.1. The molecule has 0 saturated carbocycles. The maximum atomic E-state index is 12.9. The topological polar surface area (TPSA) is 59.2 Å². The van der Waals surface area contributed by atoms with Gasteiger partial charge in [-0.3, -0.25) is 4.79 Å². The molecule has 0 fully saturated rings. The molecule has 0 amide bonds. The summed E-state index contributed by atoms with van der Waals surface area (Å²) >= 11 is 0. The molecule has 0 saturated heterocycles. The molecule has 2 aromatic rings. The van der Waals surface area contributed by atoms with Crippen LogP contribution in [0.3, 0.4) is 0 Å². The number of fused-ring (bicyclic) bond motifs is 1. The van der Waals surface area contributed by atoms with Crippen molar-refractivity contribution in [1.82, 2.24) is 4.98 Å². The van der Waals surface area contributed by atoms with Gasteiger partial charge in [-0.25, -0.2) is 4.79 Å². The van der Waals surface area contributed by atoms with E-state index in [2.05, 4.69) is 56.9 Å². The number of rotatable bonds is 8. The Morgan fingerprint density at radius 2 is 1.74 bits per heavy atom. The molecule has 1 aromatic heterocycles. The molecule has 1 unspecified atom stereocenters. The first-order chi connectivity index (χ1) is 14.7. The number of carbonyl (C=O) groups is 2. The highest BCUT2D eigenvalue weighted by atomic mass is 16.5. The van der Waals surface area contributed by atoms with Crippen LogP contribution in [0.4, 0.5) is 0 Å². The number of unbranched alkanes of at least 4 members (excludes halogenated alkanes) is 4. The number of aromatic amines is 1. The SMILES string of the molecule is CCCCCCCOC(=O)c1[nH]c2c(c1C)C(=O)CC(c1ccc(C(C)(C)C)cc1)C2. The Morgan fingerprint density at radius 3 is 2.39 bits per heavy atom. The summed E-state index contributed by atoms with van der Waals surface area (Å²) in [7, 11) is 0. The van der Waals surface area contributed by atoms with E-state index >= 15 is 0 Å². The van der Waals surface area contributed by atoms with Gasteiger partial charge in [-0.15, -0.1) is 0 Å². The molecule has 0 radical (unpaired) electrons. The second kappa shape index (κ2) is 9.84. The molecule has 31 heavy (non-hydrogen) atoms. The Labute approximate surface area is 186 Å². The van der Waals surface area contributed by atoms with E-state index in [-0.39, 0.29) is 23.1 Å². The maximum absolute atomic E-state index is 12.9. The van der Waals surface area contributed by atoms with Crippen molar-refractivity contribution in [2.24, 2.45) is 0 Å². The van der Waals surface area contributed by atoms with Gasteiger partial charge in [-0.2, -0.15) is 0 Å². The van der Waals surface area contributed by atoms with Crippen molar-refractivity contribution < 1.29 is 14.3 Å². The fourth-order valence-electron chi connectivity index (χ4n) is 4.47. The molecule has 168 valence electrons. The lowest BCUT2D eigenvalue weighted by Crippen LogP contribution is -2.19. The van der Waals surface area contributed by atoms with Gasteiger partial charge >= 0.3 is 5.97 Å². The molecule has 1 aliphatic rings. The molecule has 1 N–H and O–H groups in total. The van der Waals surface area contributed by atoms with Gasteiger partial charge in [0, 0.05) is 17.7 Å². The van der Waals surface area contributed by atoms with Crippen LogP contribution in [0.25, 0.3) is 0 Å². The van der Waals surface area contributed by atoms with Crippen molar-refractivity contribution in [3.8, 4) is 0 Å². The number of carbonyl (C=O) groups excluding carboxylic acids is 2. The second-order valence-electron chi connectivity index (χ2n) is 9.93. The summed E-state index contributed by atoms with van der Waals surface area (Å²) < 4.78 is 5.48. The van der Waals surface area contributed by atoms with Gasteiger partial charge in [0.25, 0.3) is 0 Å². The average molecular weight is 424 g/mol. The Bertz CT molecular complexity index is 915. The van der Waals surface area contributed by atoms with Crippen LogP contribution in [0.15, 0.2) is 24.3 Å². The Hall–Kier alpha value is -2.36. The van der Waals surface area contributed by atoms with Crippen LogP contribution >= 0.6 is 0 Å². The van der Waals surface area contributed by atoms with E-state index in [9.17, 15) is 9.59 Å². The Kier molecular flexibility index (Phi) is 7.40. The minimum Gasteiger partial charge on any atom is -0.461 e. The van der Waals surface area contributed by atoms with Gasteiger partial charge in [0.1, 0.15) is 5.69 Å². The monoisotopic (exact) mass is 423 g/mol. The molecule has 4 heteroatoms. The number of hydrogen-bond acceptors (Lipinski definition) is 3. The van der Waals surface area contributed by atoms with Gasteiger partial charge in [0.15, 0.2) is 5.78 Å². The third-order valence-electron chi connectivity index (χ3n) is 6.42. The number of H-pyrrole nitrogens is 1. The minimum atomic E-state index is -0.346. The molecule has 1 heterocycles. The highest BCUT2D eigenvalue weighted by Gasteiger charge is 2.32. The lowest BCUT2D eigenvalue weighted by molar-refractivity contribution is 0.0490. The Morgan fingerprint density at radius 1 is 1.06 bits per heavy atom. The minimum absolute atomic E-state index is 0.107. The molecular formula is C27H37NO3. The van der Waals surface area contributed by atoms with Gasteiger partial charge in [-0.05, 0) is 47.8 Å². The van der Waals surface area contributed by atoms with Crippen molar-refractivity contribution in [2.75, 3.05) is 6.61 Å². The summed E-state index contributed by atoms with van der Waals surface area (Å²) in [6.07, 6.45) is 6.78. The fraction of sp³-hybridized carbons (Fsp3) is 0.556. The first kappa shape index (κ1) is 23.3. The Balaban J connectivity index is 1.68. The van der Waals surface area contributed by atoms with Crippen molar-refractivity contribution in [3.63, 3.8) is 0 Å². The molecule has 1 aliphatic carbocycles. The quantitative estimate of drug-likeness (QED) is 0.381. The normalized spacial score (nSPS) is 16.3. The third-order valence-corrected chi connectivity index (χ3v) is 6.42. The lowest BCUT2D eigenvalue weighted by Gasteiger charge is -2.24. The lowest BCUT2D eigenvalue weighted by atomic mass is 9.80. The second-order valence-corrected chi connectivity index (χ2v) is 9.93. The zero-order chi connectivity index (χ0) is 22.6. The summed E-state index contributed by atoms with van der Waals surface area (Å²) in [5.74, 6) is -0.103. The van der Waals surface area contributed by atoms with E-state index in [1.165, 1.54) is 30.4 Å². The molecule has 3 rings (SSSR count). The number of Topliss-reactive ketones (excluding diaryl/α,β-unsaturated/α-hetero) is 1. The number of hydrogen-bond donors (Lipinski definition) is 1. The highest BCUT2D eigenvalue weighted by Crippen LogP contribution is 2.36. The molecule has 0 bridgehead atoms.